The summed E-state index contributed by atoms with van der Waals surface area (Å²) in [5.74, 6) is -0.120. The minimum absolute atomic E-state index is 0.120. The van der Waals surface area contributed by atoms with Crippen molar-refractivity contribution in [3.63, 3.8) is 0 Å². The lowest BCUT2D eigenvalue weighted by molar-refractivity contribution is 0.0965. The van der Waals surface area contributed by atoms with Gasteiger partial charge in [-0.15, -0.1) is 0 Å². The standard InChI is InChI=1S/C13H12F2N4O/c1-7-2-9(18-10-4-16-13(20)12(7)10)8-3-17-19(5-8)6-11(14)15/h2-3,5,11H,4,6H2,1H3,(H,16,20). The third-order valence-corrected chi connectivity index (χ3v) is 3.19. The Morgan fingerprint density at radius 1 is 1.50 bits per heavy atom. The van der Waals surface area contributed by atoms with Crippen molar-refractivity contribution in [3.8, 4) is 11.3 Å². The van der Waals surface area contributed by atoms with Crippen LogP contribution in [0.4, 0.5) is 8.78 Å². The second-order valence-electron chi connectivity index (χ2n) is 4.67. The van der Waals surface area contributed by atoms with E-state index in [-0.39, 0.29) is 5.91 Å². The summed E-state index contributed by atoms with van der Waals surface area (Å²) >= 11 is 0. The van der Waals surface area contributed by atoms with E-state index in [1.807, 2.05) is 6.92 Å². The van der Waals surface area contributed by atoms with Crippen LogP contribution in [-0.4, -0.2) is 27.1 Å². The average molecular weight is 278 g/mol. The lowest BCUT2D eigenvalue weighted by atomic mass is 10.1. The Hall–Kier alpha value is -2.31. The van der Waals surface area contributed by atoms with Gasteiger partial charge >= 0.3 is 0 Å². The fourth-order valence-corrected chi connectivity index (χ4v) is 2.31. The maximum absolute atomic E-state index is 12.3. The van der Waals surface area contributed by atoms with E-state index in [1.165, 1.54) is 17.1 Å². The van der Waals surface area contributed by atoms with E-state index in [9.17, 15) is 13.6 Å². The molecule has 1 aliphatic heterocycles. The number of pyridine rings is 1. The first-order valence-electron chi connectivity index (χ1n) is 6.14. The van der Waals surface area contributed by atoms with E-state index in [2.05, 4.69) is 15.4 Å². The SMILES string of the molecule is Cc1cc(-c2cnn(CC(F)F)c2)nc2c1C(=O)NC2. The van der Waals surface area contributed by atoms with Crippen molar-refractivity contribution in [2.45, 2.75) is 26.4 Å². The van der Waals surface area contributed by atoms with Gasteiger partial charge in [0.2, 0.25) is 0 Å². The number of carbonyl (C=O) groups excluding carboxylic acids is 1. The van der Waals surface area contributed by atoms with Crippen LogP contribution in [0, 0.1) is 6.92 Å². The number of rotatable bonds is 3. The molecule has 0 fully saturated rings. The van der Waals surface area contributed by atoms with E-state index in [1.54, 1.807) is 6.07 Å². The number of halogens is 2. The van der Waals surface area contributed by atoms with Crippen LogP contribution in [0.15, 0.2) is 18.5 Å². The van der Waals surface area contributed by atoms with E-state index >= 15 is 0 Å². The largest absolute Gasteiger partial charge is 0.346 e. The number of aryl methyl sites for hydroxylation is 1. The van der Waals surface area contributed by atoms with Crippen LogP contribution >= 0.6 is 0 Å². The first-order chi connectivity index (χ1) is 9.54. The molecule has 5 nitrogen and oxygen atoms in total. The maximum Gasteiger partial charge on any atom is 0.257 e. The minimum atomic E-state index is -2.45. The molecular formula is C13H12F2N4O. The number of carbonyl (C=O) groups is 1. The van der Waals surface area contributed by atoms with Crippen molar-refractivity contribution in [1.82, 2.24) is 20.1 Å². The molecule has 3 heterocycles. The Morgan fingerprint density at radius 2 is 2.30 bits per heavy atom. The first kappa shape index (κ1) is 12.7. The van der Waals surface area contributed by atoms with Gasteiger partial charge in [0.15, 0.2) is 0 Å². The third kappa shape index (κ3) is 2.15. The molecule has 3 rings (SSSR count). The topological polar surface area (TPSA) is 59.8 Å². The molecule has 7 heteroatoms. The molecule has 1 N–H and O–H groups in total. The van der Waals surface area contributed by atoms with Gasteiger partial charge in [-0.1, -0.05) is 0 Å². The first-order valence-corrected chi connectivity index (χ1v) is 6.14. The van der Waals surface area contributed by atoms with Crippen LogP contribution in [-0.2, 0) is 13.1 Å². The number of fused-ring (bicyclic) bond motifs is 1. The monoisotopic (exact) mass is 278 g/mol. The second-order valence-corrected chi connectivity index (χ2v) is 4.67. The van der Waals surface area contributed by atoms with Gasteiger partial charge in [-0.2, -0.15) is 5.10 Å². The summed E-state index contributed by atoms with van der Waals surface area (Å²) in [4.78, 5) is 16.0. The lowest BCUT2D eigenvalue weighted by Crippen LogP contribution is -2.13. The van der Waals surface area contributed by atoms with Crippen molar-refractivity contribution in [2.24, 2.45) is 0 Å². The van der Waals surface area contributed by atoms with Crippen molar-refractivity contribution in [1.29, 1.82) is 0 Å². The molecule has 0 saturated carbocycles. The number of nitrogens with one attached hydrogen (secondary N) is 1. The molecule has 0 aromatic carbocycles. The van der Waals surface area contributed by atoms with Gasteiger partial charge in [0.25, 0.3) is 12.3 Å². The van der Waals surface area contributed by atoms with Crippen molar-refractivity contribution in [2.75, 3.05) is 0 Å². The molecular weight excluding hydrogens is 266 g/mol. The molecule has 0 unspecified atom stereocenters. The molecule has 0 aliphatic carbocycles. The number of hydrogen-bond acceptors (Lipinski definition) is 3. The summed E-state index contributed by atoms with van der Waals surface area (Å²) in [5, 5.41) is 6.60. The number of alkyl halides is 2. The molecule has 1 amide bonds. The van der Waals surface area contributed by atoms with E-state index in [0.717, 1.165) is 5.56 Å². The highest BCUT2D eigenvalue weighted by molar-refractivity contribution is 5.99. The van der Waals surface area contributed by atoms with Crippen LogP contribution < -0.4 is 5.32 Å². The van der Waals surface area contributed by atoms with Crippen LogP contribution in [0.3, 0.4) is 0 Å². The van der Waals surface area contributed by atoms with Crippen molar-refractivity contribution in [3.05, 3.63) is 35.3 Å². The van der Waals surface area contributed by atoms with Crippen LogP contribution in [0.5, 0.6) is 0 Å². The molecule has 0 spiro atoms. The van der Waals surface area contributed by atoms with E-state index in [4.69, 9.17) is 0 Å². The lowest BCUT2D eigenvalue weighted by Gasteiger charge is -2.04. The van der Waals surface area contributed by atoms with Gasteiger partial charge in [0.1, 0.15) is 6.54 Å². The smallest absolute Gasteiger partial charge is 0.257 e. The minimum Gasteiger partial charge on any atom is -0.346 e. The predicted octanol–water partition coefficient (Wildman–Crippen LogP) is 1.76. The third-order valence-electron chi connectivity index (χ3n) is 3.19. The quantitative estimate of drug-likeness (QED) is 0.930. The Bertz CT molecular complexity index is 681. The van der Waals surface area contributed by atoms with Gasteiger partial charge in [-0.05, 0) is 18.6 Å². The van der Waals surface area contributed by atoms with Crippen LogP contribution in [0.25, 0.3) is 11.3 Å². The zero-order chi connectivity index (χ0) is 14.3. The fourth-order valence-electron chi connectivity index (χ4n) is 2.31. The van der Waals surface area contributed by atoms with Crippen molar-refractivity contribution < 1.29 is 13.6 Å². The number of hydrogen-bond donors (Lipinski definition) is 1. The Labute approximate surface area is 113 Å². The molecule has 2 aromatic rings. The Morgan fingerprint density at radius 3 is 3.05 bits per heavy atom. The molecule has 2 aromatic heterocycles. The van der Waals surface area contributed by atoms with Gasteiger partial charge in [-0.25, -0.2) is 13.8 Å². The Balaban J connectivity index is 1.97. The molecule has 0 bridgehead atoms. The number of nitrogens with zero attached hydrogens (tertiary/aromatic N) is 3. The molecule has 0 saturated heterocycles. The summed E-state index contributed by atoms with van der Waals surface area (Å²) in [6, 6.07) is 1.77. The normalized spacial score (nSPS) is 13.7. The Kier molecular flexibility index (Phi) is 2.96. The van der Waals surface area contributed by atoms with Gasteiger partial charge in [0, 0.05) is 11.8 Å². The summed E-state index contributed by atoms with van der Waals surface area (Å²) in [6.07, 6.45) is 0.588. The van der Waals surface area contributed by atoms with Gasteiger partial charge in [0.05, 0.1) is 29.7 Å². The summed E-state index contributed by atoms with van der Waals surface area (Å²) in [5.41, 5.74) is 3.41. The zero-order valence-corrected chi connectivity index (χ0v) is 10.7. The summed E-state index contributed by atoms with van der Waals surface area (Å²) in [7, 11) is 0. The predicted molar refractivity (Wildman–Crippen MR) is 67.4 cm³/mol. The molecule has 0 radical (unpaired) electrons. The highest BCUT2D eigenvalue weighted by Crippen LogP contribution is 2.24. The zero-order valence-electron chi connectivity index (χ0n) is 10.7. The highest BCUT2D eigenvalue weighted by atomic mass is 19.3. The maximum atomic E-state index is 12.3. The van der Waals surface area contributed by atoms with Crippen molar-refractivity contribution >= 4 is 5.91 Å². The van der Waals surface area contributed by atoms with Crippen LogP contribution in [0.1, 0.15) is 21.6 Å². The van der Waals surface area contributed by atoms with E-state index < -0.39 is 13.0 Å². The van der Waals surface area contributed by atoms with E-state index in [0.29, 0.717) is 29.1 Å². The van der Waals surface area contributed by atoms with Crippen LogP contribution in [0.2, 0.25) is 0 Å². The summed E-state index contributed by atoms with van der Waals surface area (Å²) in [6.45, 7) is 1.79. The summed E-state index contributed by atoms with van der Waals surface area (Å²) < 4.78 is 25.8. The fraction of sp³-hybridized carbons (Fsp3) is 0.308. The van der Waals surface area contributed by atoms with Gasteiger partial charge in [-0.3, -0.25) is 9.48 Å². The number of aromatic nitrogens is 3. The second kappa shape index (κ2) is 4.66. The highest BCUT2D eigenvalue weighted by Gasteiger charge is 2.23. The number of amides is 1. The molecule has 1 aliphatic rings. The molecule has 104 valence electrons. The molecule has 0 atom stereocenters. The average Bonchev–Trinajstić information content (AvgIpc) is 2.96. The van der Waals surface area contributed by atoms with Gasteiger partial charge < -0.3 is 5.32 Å². The molecule has 20 heavy (non-hydrogen) atoms.